The quantitative estimate of drug-likeness (QED) is 0.791. The Bertz CT molecular complexity index is 639. The Labute approximate surface area is 124 Å². The summed E-state index contributed by atoms with van der Waals surface area (Å²) in [6.45, 7) is 1.75. The van der Waals surface area contributed by atoms with Crippen LogP contribution >= 0.6 is 12.4 Å². The number of nitrogens with two attached hydrogens (primary N) is 1. The highest BCUT2D eigenvalue weighted by Crippen LogP contribution is 2.44. The third kappa shape index (κ3) is 2.96. The van der Waals surface area contributed by atoms with Crippen molar-refractivity contribution in [3.63, 3.8) is 0 Å². The van der Waals surface area contributed by atoms with Crippen LogP contribution in [0.1, 0.15) is 17.2 Å². The minimum atomic E-state index is -5.68. The van der Waals surface area contributed by atoms with Gasteiger partial charge in [0.05, 0.1) is 0 Å². The van der Waals surface area contributed by atoms with Crippen molar-refractivity contribution in [2.45, 2.75) is 25.1 Å². The first kappa shape index (κ1) is 17.7. The summed E-state index contributed by atoms with van der Waals surface area (Å²) in [5.41, 5.74) is 5.77. The molecule has 0 fully saturated rings. The van der Waals surface area contributed by atoms with Crippen LogP contribution in [0.15, 0.2) is 36.4 Å². The van der Waals surface area contributed by atoms with Crippen molar-refractivity contribution in [2.75, 3.05) is 0 Å². The summed E-state index contributed by atoms with van der Waals surface area (Å²) in [5, 5.41) is 0.919. The van der Waals surface area contributed by atoms with Crippen LogP contribution in [0.3, 0.4) is 0 Å². The van der Waals surface area contributed by atoms with Crippen LogP contribution in [0.25, 0.3) is 10.8 Å². The Hall–Kier alpha value is -1.40. The van der Waals surface area contributed by atoms with Crippen molar-refractivity contribution in [3.05, 3.63) is 47.5 Å². The largest absolute Gasteiger partial charge is 0.455 e. The zero-order valence-corrected chi connectivity index (χ0v) is 11.7. The monoisotopic (exact) mass is 325 g/mol. The highest BCUT2D eigenvalue weighted by Gasteiger charge is 2.61. The van der Waals surface area contributed by atoms with Crippen LogP contribution in [0.2, 0.25) is 0 Å². The van der Waals surface area contributed by atoms with Crippen LogP contribution in [0, 0.1) is 6.92 Å². The van der Waals surface area contributed by atoms with Crippen LogP contribution in [0.5, 0.6) is 0 Å². The van der Waals surface area contributed by atoms with E-state index in [2.05, 4.69) is 0 Å². The molecule has 0 spiro atoms. The maximum atomic E-state index is 13.4. The summed E-state index contributed by atoms with van der Waals surface area (Å²) >= 11 is 0. The number of fused-ring (bicyclic) bond motifs is 1. The highest BCUT2D eigenvalue weighted by atomic mass is 35.5. The Morgan fingerprint density at radius 3 is 1.95 bits per heavy atom. The van der Waals surface area contributed by atoms with Gasteiger partial charge in [-0.2, -0.15) is 22.0 Å². The van der Waals surface area contributed by atoms with Gasteiger partial charge in [-0.3, -0.25) is 0 Å². The average molecular weight is 326 g/mol. The van der Waals surface area contributed by atoms with E-state index in [1.807, 2.05) is 0 Å². The maximum Gasteiger partial charge on any atom is 0.455 e. The second kappa shape index (κ2) is 5.77. The number of alkyl halides is 5. The van der Waals surface area contributed by atoms with E-state index in [1.165, 1.54) is 18.2 Å². The molecular formula is C14H13ClF5N. The molecule has 2 rings (SSSR count). The minimum absolute atomic E-state index is 0. The Kier molecular flexibility index (Phi) is 4.85. The summed E-state index contributed by atoms with van der Waals surface area (Å²) in [6, 6.07) is 6.69. The zero-order chi connectivity index (χ0) is 15.1. The Balaban J connectivity index is 0.00000220. The first-order chi connectivity index (χ1) is 9.16. The highest BCUT2D eigenvalue weighted by molar-refractivity contribution is 5.89. The van der Waals surface area contributed by atoms with Crippen molar-refractivity contribution in [2.24, 2.45) is 5.73 Å². The van der Waals surface area contributed by atoms with Gasteiger partial charge in [0.1, 0.15) is 6.04 Å². The predicted octanol–water partition coefficient (Wildman–Crippen LogP) is 4.77. The molecule has 0 saturated carbocycles. The summed E-state index contributed by atoms with van der Waals surface area (Å²) in [7, 11) is 0. The molecule has 21 heavy (non-hydrogen) atoms. The molecule has 0 bridgehead atoms. The van der Waals surface area contributed by atoms with Gasteiger partial charge in [0.15, 0.2) is 0 Å². The molecular weight excluding hydrogens is 313 g/mol. The van der Waals surface area contributed by atoms with Gasteiger partial charge in [-0.15, -0.1) is 12.4 Å². The van der Waals surface area contributed by atoms with Crippen molar-refractivity contribution < 1.29 is 22.0 Å². The van der Waals surface area contributed by atoms with E-state index in [0.717, 1.165) is 5.56 Å². The lowest BCUT2D eigenvalue weighted by Gasteiger charge is -2.27. The molecule has 0 aromatic heterocycles. The Morgan fingerprint density at radius 1 is 0.905 bits per heavy atom. The number of halogens is 6. The normalized spacial score (nSPS) is 13.9. The van der Waals surface area contributed by atoms with Gasteiger partial charge in [-0.1, -0.05) is 36.4 Å². The number of hydrogen-bond acceptors (Lipinski definition) is 1. The molecule has 7 heteroatoms. The molecule has 2 aromatic rings. The van der Waals surface area contributed by atoms with Gasteiger partial charge in [-0.05, 0) is 28.8 Å². The van der Waals surface area contributed by atoms with E-state index in [0.29, 0.717) is 10.8 Å². The smallest absolute Gasteiger partial charge is 0.319 e. The van der Waals surface area contributed by atoms with E-state index in [9.17, 15) is 22.0 Å². The maximum absolute atomic E-state index is 13.4. The third-order valence-corrected chi connectivity index (χ3v) is 3.28. The van der Waals surface area contributed by atoms with Gasteiger partial charge in [0.2, 0.25) is 0 Å². The van der Waals surface area contributed by atoms with E-state index in [-0.39, 0.29) is 18.0 Å². The molecule has 0 radical (unpaired) electrons. The fraction of sp³-hybridized carbons (Fsp3) is 0.286. The summed E-state index contributed by atoms with van der Waals surface area (Å²) in [4.78, 5) is 0. The zero-order valence-electron chi connectivity index (χ0n) is 10.9. The van der Waals surface area contributed by atoms with Crippen molar-refractivity contribution in [1.29, 1.82) is 0 Å². The predicted molar refractivity (Wildman–Crippen MR) is 73.9 cm³/mol. The van der Waals surface area contributed by atoms with Crippen LogP contribution < -0.4 is 5.73 Å². The molecule has 0 aliphatic rings. The first-order valence-corrected chi connectivity index (χ1v) is 5.84. The summed E-state index contributed by atoms with van der Waals surface area (Å²) in [6.07, 6.45) is -5.68. The third-order valence-electron chi connectivity index (χ3n) is 3.28. The fourth-order valence-electron chi connectivity index (χ4n) is 2.12. The van der Waals surface area contributed by atoms with E-state index in [1.54, 1.807) is 25.1 Å². The van der Waals surface area contributed by atoms with Crippen LogP contribution in [0.4, 0.5) is 22.0 Å². The van der Waals surface area contributed by atoms with E-state index >= 15 is 0 Å². The number of rotatable bonds is 2. The molecule has 0 aliphatic carbocycles. The second-order valence-electron chi connectivity index (χ2n) is 4.62. The number of aryl methyl sites for hydroxylation is 1. The number of benzene rings is 2. The topological polar surface area (TPSA) is 26.0 Å². The molecule has 0 saturated heterocycles. The Morgan fingerprint density at radius 2 is 1.43 bits per heavy atom. The molecule has 2 N–H and O–H groups in total. The average Bonchev–Trinajstić information content (AvgIpc) is 2.37. The second-order valence-corrected chi connectivity index (χ2v) is 4.62. The molecule has 116 valence electrons. The molecule has 0 aliphatic heterocycles. The fourth-order valence-corrected chi connectivity index (χ4v) is 2.12. The van der Waals surface area contributed by atoms with Crippen molar-refractivity contribution >= 4 is 23.2 Å². The van der Waals surface area contributed by atoms with Crippen LogP contribution in [-0.4, -0.2) is 12.1 Å². The van der Waals surface area contributed by atoms with E-state index in [4.69, 9.17) is 5.73 Å². The lowest BCUT2D eigenvalue weighted by molar-refractivity contribution is -0.290. The van der Waals surface area contributed by atoms with Crippen LogP contribution in [-0.2, 0) is 0 Å². The molecule has 0 unspecified atom stereocenters. The molecule has 1 nitrogen and oxygen atoms in total. The van der Waals surface area contributed by atoms with Gasteiger partial charge in [-0.25, -0.2) is 0 Å². The molecule has 0 heterocycles. The first-order valence-electron chi connectivity index (χ1n) is 5.84. The summed E-state index contributed by atoms with van der Waals surface area (Å²) < 4.78 is 64.0. The van der Waals surface area contributed by atoms with Gasteiger partial charge >= 0.3 is 12.1 Å². The van der Waals surface area contributed by atoms with Crippen molar-refractivity contribution in [1.82, 2.24) is 0 Å². The lowest BCUT2D eigenvalue weighted by Crippen LogP contribution is -2.45. The minimum Gasteiger partial charge on any atom is -0.319 e. The van der Waals surface area contributed by atoms with Gasteiger partial charge in [0.25, 0.3) is 0 Å². The van der Waals surface area contributed by atoms with Gasteiger partial charge < -0.3 is 5.73 Å². The van der Waals surface area contributed by atoms with E-state index < -0.39 is 18.1 Å². The molecule has 1 atom stereocenters. The van der Waals surface area contributed by atoms with Gasteiger partial charge in [0, 0.05) is 0 Å². The SMILES string of the molecule is Cc1ccc([C@H](N)C(F)(F)C(F)(F)F)c2ccccc12.Cl. The summed E-state index contributed by atoms with van der Waals surface area (Å²) in [5.74, 6) is -4.98. The molecule has 2 aromatic carbocycles. The van der Waals surface area contributed by atoms with Crippen molar-refractivity contribution in [3.8, 4) is 0 Å². The molecule has 0 amide bonds. The number of hydrogen-bond donors (Lipinski definition) is 1. The lowest BCUT2D eigenvalue weighted by atomic mass is 9.93. The standard InChI is InChI=1S/C14H12F5N.ClH/c1-8-6-7-11(10-5-3-2-4-9(8)10)12(20)13(15,16)14(17,18)19;/h2-7,12H,20H2,1H3;1H/t12-;/m0./s1.